The molecule has 0 N–H and O–H groups in total. The highest BCUT2D eigenvalue weighted by Gasteiger charge is 2.26. The van der Waals surface area contributed by atoms with Crippen molar-refractivity contribution in [2.24, 2.45) is 0 Å². The summed E-state index contributed by atoms with van der Waals surface area (Å²) >= 11 is 0. The Morgan fingerprint density at radius 3 is 1.29 bits per heavy atom. The van der Waals surface area contributed by atoms with Gasteiger partial charge in [0.2, 0.25) is 0 Å². The highest BCUT2D eigenvalue weighted by Crippen LogP contribution is 2.44. The van der Waals surface area contributed by atoms with Crippen molar-refractivity contribution in [1.82, 2.24) is 0 Å². The Kier molecular flexibility index (Phi) is 7.33. The molecule has 0 radical (unpaired) electrons. The van der Waals surface area contributed by atoms with E-state index < -0.39 is 0 Å². The second-order valence-corrected chi connectivity index (χ2v) is 13.9. The van der Waals surface area contributed by atoms with Gasteiger partial charge in [-0.05, 0) is 82.5 Å². The van der Waals surface area contributed by atoms with Gasteiger partial charge in [-0.3, -0.25) is 0 Å². The normalized spacial score (nSPS) is 11.6. The monoisotopic (exact) mass is 602 g/mol. The topological polar surface area (TPSA) is 0 Å². The zero-order chi connectivity index (χ0) is 33.4. The Morgan fingerprint density at radius 1 is 0.292 bits per heavy atom. The summed E-state index contributed by atoms with van der Waals surface area (Å²) in [5.74, 6) is 0. The maximum absolute atomic E-state index is 2.42. The highest BCUT2D eigenvalue weighted by atomic mass is 14.3. The van der Waals surface area contributed by atoms with Crippen LogP contribution in [0, 0.1) is 0 Å². The van der Waals surface area contributed by atoms with Gasteiger partial charge in [-0.25, -0.2) is 0 Å². The molecule has 8 heteroatoms. The first-order valence-corrected chi connectivity index (χ1v) is 17.2. The predicted molar refractivity (Wildman–Crippen MR) is 238 cm³/mol. The predicted octanol–water partition coefficient (Wildman–Crippen LogP) is -2.63. The number of hydrogen-bond acceptors (Lipinski definition) is 0. The van der Waals surface area contributed by atoms with Gasteiger partial charge in [0.1, 0.15) is 62.8 Å². The van der Waals surface area contributed by atoms with Crippen molar-refractivity contribution in [3.63, 3.8) is 0 Å². The summed E-state index contributed by atoms with van der Waals surface area (Å²) in [6.45, 7) is 0. The molecule has 48 heavy (non-hydrogen) atoms. The van der Waals surface area contributed by atoms with Crippen LogP contribution in [0.15, 0.2) is 109 Å². The first kappa shape index (κ1) is 30.6. The fourth-order valence-corrected chi connectivity index (χ4v) is 8.41. The van der Waals surface area contributed by atoms with E-state index in [9.17, 15) is 0 Å². The molecular formula is C40H34B8. The molecule has 0 aliphatic carbocycles. The van der Waals surface area contributed by atoms with Gasteiger partial charge in [0.15, 0.2) is 0 Å². The third kappa shape index (κ3) is 4.42. The molecule has 218 valence electrons. The van der Waals surface area contributed by atoms with E-state index in [1.54, 1.807) is 0 Å². The number of hydrogen-bond donors (Lipinski definition) is 0. The number of benzene rings is 8. The van der Waals surface area contributed by atoms with E-state index in [2.05, 4.69) is 172 Å². The molecule has 8 aromatic rings. The van der Waals surface area contributed by atoms with E-state index in [1.807, 2.05) is 0 Å². The fourth-order valence-electron chi connectivity index (χ4n) is 8.41. The van der Waals surface area contributed by atoms with Gasteiger partial charge in [-0.15, -0.1) is 21.9 Å². The second-order valence-electron chi connectivity index (χ2n) is 13.9. The molecule has 0 nitrogen and oxygen atoms in total. The summed E-state index contributed by atoms with van der Waals surface area (Å²) in [6.07, 6.45) is 0. The van der Waals surface area contributed by atoms with Crippen molar-refractivity contribution in [3.8, 4) is 33.4 Å². The van der Waals surface area contributed by atoms with Crippen LogP contribution < -0.4 is 43.7 Å². The molecular weight excluding hydrogens is 567 g/mol. The van der Waals surface area contributed by atoms with Crippen LogP contribution in [0.3, 0.4) is 0 Å². The summed E-state index contributed by atoms with van der Waals surface area (Å²) in [5, 5.41) is 10.7. The smallest absolute Gasteiger partial charge is 0.101 e. The van der Waals surface area contributed by atoms with Gasteiger partial charge in [0, 0.05) is 0 Å². The average molecular weight is 601 g/mol. The Morgan fingerprint density at radius 2 is 0.729 bits per heavy atom. The van der Waals surface area contributed by atoms with Crippen LogP contribution in [0.2, 0.25) is 0 Å². The van der Waals surface area contributed by atoms with E-state index in [-0.39, 0.29) is 0 Å². The molecule has 0 aliphatic rings. The van der Waals surface area contributed by atoms with Crippen LogP contribution in [0.5, 0.6) is 0 Å². The van der Waals surface area contributed by atoms with E-state index in [4.69, 9.17) is 0 Å². The first-order valence-electron chi connectivity index (χ1n) is 17.2. The Balaban J connectivity index is 1.65. The summed E-state index contributed by atoms with van der Waals surface area (Å²) in [4.78, 5) is 0. The molecule has 0 bridgehead atoms. The zero-order valence-corrected chi connectivity index (χ0v) is 29.4. The van der Waals surface area contributed by atoms with E-state index in [0.29, 0.717) is 0 Å². The van der Waals surface area contributed by atoms with Crippen molar-refractivity contribution in [3.05, 3.63) is 109 Å². The fraction of sp³-hybridized carbons (Fsp3) is 0. The molecule has 0 heterocycles. The van der Waals surface area contributed by atoms with Crippen LogP contribution in [-0.2, 0) is 0 Å². The number of rotatable bonds is 3. The van der Waals surface area contributed by atoms with Crippen molar-refractivity contribution >= 4 is 150 Å². The molecule has 0 aromatic heterocycles. The van der Waals surface area contributed by atoms with Gasteiger partial charge < -0.3 is 0 Å². The summed E-state index contributed by atoms with van der Waals surface area (Å²) in [5.41, 5.74) is 18.9. The summed E-state index contributed by atoms with van der Waals surface area (Å²) in [7, 11) is 18.7. The minimum atomic E-state index is 1.25. The lowest BCUT2D eigenvalue weighted by Gasteiger charge is -2.28. The van der Waals surface area contributed by atoms with Crippen LogP contribution in [0.25, 0.3) is 76.5 Å². The van der Waals surface area contributed by atoms with Crippen LogP contribution in [0.4, 0.5) is 0 Å². The first-order chi connectivity index (χ1) is 23.2. The highest BCUT2D eigenvalue weighted by molar-refractivity contribution is 6.71. The van der Waals surface area contributed by atoms with Crippen molar-refractivity contribution in [1.29, 1.82) is 0 Å². The van der Waals surface area contributed by atoms with Gasteiger partial charge in [-0.2, -0.15) is 0 Å². The van der Waals surface area contributed by atoms with Gasteiger partial charge >= 0.3 is 0 Å². The molecule has 0 spiro atoms. The second kappa shape index (κ2) is 11.5. The lowest BCUT2D eigenvalue weighted by Crippen LogP contribution is -2.50. The van der Waals surface area contributed by atoms with Gasteiger partial charge in [-0.1, -0.05) is 125 Å². The minimum Gasteiger partial charge on any atom is -0.101 e. The zero-order valence-electron chi connectivity index (χ0n) is 29.4. The Labute approximate surface area is 291 Å². The van der Waals surface area contributed by atoms with Crippen molar-refractivity contribution in [2.45, 2.75) is 0 Å². The quantitative estimate of drug-likeness (QED) is 0.154. The SMILES string of the molecule is Bc1c(B)c(B)c2c(-c3ccc(-c4ccccc4)c4ccccc34)c3c(B)c(B)c(B)c(B)c3c(-c3ccc4ccccc4c3)c2c1B. The third-order valence-electron chi connectivity index (χ3n) is 11.7. The van der Waals surface area contributed by atoms with E-state index in [0.717, 1.165) is 0 Å². The molecule has 0 amide bonds. The lowest BCUT2D eigenvalue weighted by molar-refractivity contribution is 1.65. The van der Waals surface area contributed by atoms with E-state index in [1.165, 1.54) is 120 Å². The standard InChI is InChI=1S/C40H34B8/c41-33-29-27(22-15-14-19-8-4-5-11-21(19)18-22)30-32(36(44)40(48)38(46)34(30)42)28(31(29)35(43)39(47)37(33)45)26-17-16-23(20-9-2-1-3-10-20)24-12-6-7-13-25(24)26/h1-18H,41-48H2. The third-order valence-corrected chi connectivity index (χ3v) is 11.7. The largest absolute Gasteiger partial charge is 0.139 e. The van der Waals surface area contributed by atoms with Crippen molar-refractivity contribution < 1.29 is 0 Å². The maximum Gasteiger partial charge on any atom is 0.139 e. The molecule has 0 saturated heterocycles. The Hall–Kier alpha value is -4.68. The van der Waals surface area contributed by atoms with Gasteiger partial charge in [0.25, 0.3) is 0 Å². The average Bonchev–Trinajstić information content (AvgIpc) is 3.13. The lowest BCUT2D eigenvalue weighted by atomic mass is 9.59. The molecule has 8 rings (SSSR count). The molecule has 8 aromatic carbocycles. The molecule has 0 saturated carbocycles. The Bertz CT molecular complexity index is 2560. The summed E-state index contributed by atoms with van der Waals surface area (Å²) in [6, 6.07) is 40.4. The van der Waals surface area contributed by atoms with Crippen LogP contribution in [0.1, 0.15) is 0 Å². The molecule has 0 unspecified atom stereocenters. The summed E-state index contributed by atoms with van der Waals surface area (Å²) < 4.78 is 0. The van der Waals surface area contributed by atoms with Crippen LogP contribution in [-0.4, -0.2) is 62.8 Å². The van der Waals surface area contributed by atoms with Crippen LogP contribution >= 0.6 is 0 Å². The van der Waals surface area contributed by atoms with Gasteiger partial charge in [0.05, 0.1) is 0 Å². The maximum atomic E-state index is 2.42. The van der Waals surface area contributed by atoms with E-state index >= 15 is 0 Å². The molecule has 0 fully saturated rings. The molecule has 0 aliphatic heterocycles. The van der Waals surface area contributed by atoms with Crippen molar-refractivity contribution in [2.75, 3.05) is 0 Å². The minimum absolute atomic E-state index is 1.25. The molecule has 0 atom stereocenters. The number of fused-ring (bicyclic) bond motifs is 4.